The van der Waals surface area contributed by atoms with Gasteiger partial charge in [-0.1, -0.05) is 0 Å². The van der Waals surface area contributed by atoms with Crippen molar-refractivity contribution < 1.29 is 14.7 Å². The fourth-order valence-corrected chi connectivity index (χ4v) is 1.31. The number of carbonyl (C=O) groups excluding carboxylic acids is 1. The Kier molecular flexibility index (Phi) is 5.67. The van der Waals surface area contributed by atoms with E-state index in [4.69, 9.17) is 10.8 Å². The van der Waals surface area contributed by atoms with Crippen molar-refractivity contribution in [3.63, 3.8) is 0 Å². The van der Waals surface area contributed by atoms with E-state index >= 15 is 0 Å². The van der Waals surface area contributed by atoms with Crippen molar-refractivity contribution in [2.24, 2.45) is 5.73 Å². The van der Waals surface area contributed by atoms with Crippen LogP contribution in [-0.4, -0.2) is 40.6 Å². The summed E-state index contributed by atoms with van der Waals surface area (Å²) in [6.45, 7) is 3.08. The van der Waals surface area contributed by atoms with Crippen LogP contribution in [0, 0.1) is 0 Å². The van der Waals surface area contributed by atoms with Crippen LogP contribution in [0.2, 0.25) is 0 Å². The van der Waals surface area contributed by atoms with Gasteiger partial charge in [-0.2, -0.15) is 11.8 Å². The molecular weight excluding hydrogens is 216 g/mol. The van der Waals surface area contributed by atoms with Crippen molar-refractivity contribution in [2.45, 2.75) is 31.8 Å². The van der Waals surface area contributed by atoms with Gasteiger partial charge in [0.1, 0.15) is 6.04 Å². The summed E-state index contributed by atoms with van der Waals surface area (Å²) in [5.41, 5.74) is 4.50. The first kappa shape index (κ1) is 14.2. The number of aliphatic carboxylic acids is 1. The zero-order valence-electron chi connectivity index (χ0n) is 9.24. The predicted octanol–water partition coefficient (Wildman–Crippen LogP) is 0.0462. The summed E-state index contributed by atoms with van der Waals surface area (Å²) < 4.78 is 0. The molecule has 0 aliphatic heterocycles. The molecule has 1 unspecified atom stereocenters. The summed E-state index contributed by atoms with van der Waals surface area (Å²) in [6, 6.07) is -0.854. The van der Waals surface area contributed by atoms with Gasteiger partial charge in [0.15, 0.2) is 0 Å². The third kappa shape index (κ3) is 5.64. The first-order valence-electron chi connectivity index (χ1n) is 4.60. The van der Waals surface area contributed by atoms with Crippen molar-refractivity contribution in [3.05, 3.63) is 0 Å². The van der Waals surface area contributed by atoms with Gasteiger partial charge >= 0.3 is 5.97 Å². The second kappa shape index (κ2) is 5.97. The molecule has 0 aromatic heterocycles. The Morgan fingerprint density at radius 3 is 2.40 bits per heavy atom. The summed E-state index contributed by atoms with van der Waals surface area (Å²) in [5, 5.41) is 11.3. The van der Waals surface area contributed by atoms with Crippen LogP contribution in [0.25, 0.3) is 0 Å². The Morgan fingerprint density at radius 1 is 1.53 bits per heavy atom. The Morgan fingerprint density at radius 2 is 2.07 bits per heavy atom. The van der Waals surface area contributed by atoms with Crippen LogP contribution in [0.3, 0.4) is 0 Å². The average Bonchev–Trinajstić information content (AvgIpc) is 2.09. The average molecular weight is 234 g/mol. The molecule has 88 valence electrons. The van der Waals surface area contributed by atoms with Crippen molar-refractivity contribution in [1.82, 2.24) is 5.32 Å². The van der Waals surface area contributed by atoms with E-state index in [1.54, 1.807) is 0 Å². The normalized spacial score (nSPS) is 13.3. The number of carbonyl (C=O) groups is 2. The molecule has 0 rings (SSSR count). The van der Waals surface area contributed by atoms with Crippen molar-refractivity contribution in [2.75, 3.05) is 12.0 Å². The summed E-state index contributed by atoms with van der Waals surface area (Å²) >= 11 is 1.54. The molecule has 5 nitrogen and oxygen atoms in total. The topological polar surface area (TPSA) is 92.4 Å². The molecule has 0 aliphatic rings. The molecule has 15 heavy (non-hydrogen) atoms. The minimum atomic E-state index is -1.05. The lowest BCUT2D eigenvalue weighted by atomic mass is 10.1. The number of thioether (sulfide) groups is 1. The Labute approximate surface area is 93.8 Å². The quantitative estimate of drug-likeness (QED) is 0.603. The largest absolute Gasteiger partial charge is 0.480 e. The number of amides is 1. The minimum Gasteiger partial charge on any atom is -0.480 e. The van der Waals surface area contributed by atoms with E-state index in [0.717, 1.165) is 0 Å². The Bertz CT molecular complexity index is 238. The van der Waals surface area contributed by atoms with Gasteiger partial charge in [0.2, 0.25) is 5.91 Å². The Balaban J connectivity index is 4.29. The number of carboxylic acid groups (broad SMARTS) is 1. The number of hydrogen-bond donors (Lipinski definition) is 3. The first-order valence-corrected chi connectivity index (χ1v) is 6.00. The first-order chi connectivity index (χ1) is 6.79. The minimum absolute atomic E-state index is 0.401. The van der Waals surface area contributed by atoms with Gasteiger partial charge in [-0.25, -0.2) is 4.79 Å². The molecule has 0 saturated carbocycles. The number of nitrogens with one attached hydrogen (secondary N) is 1. The van der Waals surface area contributed by atoms with Crippen LogP contribution in [0.1, 0.15) is 20.3 Å². The van der Waals surface area contributed by atoms with Crippen LogP contribution in [-0.2, 0) is 9.59 Å². The van der Waals surface area contributed by atoms with Crippen molar-refractivity contribution in [1.29, 1.82) is 0 Å². The number of rotatable bonds is 6. The predicted molar refractivity (Wildman–Crippen MR) is 60.8 cm³/mol. The summed E-state index contributed by atoms with van der Waals surface area (Å²) in [6.07, 6.45) is 2.28. The molecule has 0 radical (unpaired) electrons. The highest BCUT2D eigenvalue weighted by molar-refractivity contribution is 7.98. The van der Waals surface area contributed by atoms with Gasteiger partial charge in [0.25, 0.3) is 0 Å². The van der Waals surface area contributed by atoms with Gasteiger partial charge < -0.3 is 16.2 Å². The van der Waals surface area contributed by atoms with Crippen LogP contribution in [0.5, 0.6) is 0 Å². The molecule has 4 N–H and O–H groups in total. The highest BCUT2D eigenvalue weighted by Crippen LogP contribution is 2.03. The third-order valence-corrected chi connectivity index (χ3v) is 2.44. The summed E-state index contributed by atoms with van der Waals surface area (Å²) in [5.74, 6) is -0.792. The lowest BCUT2D eigenvalue weighted by Gasteiger charge is -2.21. The van der Waals surface area contributed by atoms with Crippen LogP contribution in [0.15, 0.2) is 0 Å². The lowest BCUT2D eigenvalue weighted by Crippen LogP contribution is -2.54. The molecule has 6 heteroatoms. The lowest BCUT2D eigenvalue weighted by molar-refractivity contribution is -0.142. The molecule has 0 spiro atoms. The van der Waals surface area contributed by atoms with E-state index in [9.17, 15) is 9.59 Å². The SMILES string of the molecule is CSCCC(NC(=O)C(C)(C)N)C(=O)O. The number of nitrogens with two attached hydrogens (primary N) is 1. The van der Waals surface area contributed by atoms with Gasteiger partial charge in [-0.3, -0.25) is 4.79 Å². The number of carboxylic acids is 1. The molecule has 0 aliphatic carbocycles. The highest BCUT2D eigenvalue weighted by atomic mass is 32.2. The fourth-order valence-electron chi connectivity index (χ4n) is 0.837. The Hall–Kier alpha value is -0.750. The standard InChI is InChI=1S/C9H18N2O3S/c1-9(2,10)8(14)11-6(7(12)13)4-5-15-3/h6H,4-5,10H2,1-3H3,(H,11,14)(H,12,13). The molecular formula is C9H18N2O3S. The third-order valence-electron chi connectivity index (χ3n) is 1.80. The second-order valence-electron chi connectivity index (χ2n) is 3.87. The smallest absolute Gasteiger partial charge is 0.326 e. The maximum Gasteiger partial charge on any atom is 0.326 e. The maximum atomic E-state index is 11.4. The molecule has 0 heterocycles. The van der Waals surface area contributed by atoms with E-state index in [1.807, 2.05) is 6.26 Å². The molecule has 0 saturated heterocycles. The van der Waals surface area contributed by atoms with E-state index in [2.05, 4.69) is 5.32 Å². The zero-order valence-corrected chi connectivity index (χ0v) is 10.1. The molecule has 0 bridgehead atoms. The van der Waals surface area contributed by atoms with Crippen LogP contribution >= 0.6 is 11.8 Å². The molecule has 0 aromatic rings. The van der Waals surface area contributed by atoms with Gasteiger partial charge in [-0.15, -0.1) is 0 Å². The van der Waals surface area contributed by atoms with Gasteiger partial charge in [0.05, 0.1) is 5.54 Å². The van der Waals surface area contributed by atoms with E-state index in [-0.39, 0.29) is 0 Å². The maximum absolute atomic E-state index is 11.4. The molecule has 0 fully saturated rings. The molecule has 1 amide bonds. The van der Waals surface area contributed by atoms with E-state index in [0.29, 0.717) is 12.2 Å². The number of hydrogen-bond acceptors (Lipinski definition) is 4. The monoisotopic (exact) mass is 234 g/mol. The highest BCUT2D eigenvalue weighted by Gasteiger charge is 2.27. The van der Waals surface area contributed by atoms with Gasteiger partial charge in [-0.05, 0) is 32.3 Å². The van der Waals surface area contributed by atoms with Crippen LogP contribution in [0.4, 0.5) is 0 Å². The van der Waals surface area contributed by atoms with E-state index in [1.165, 1.54) is 25.6 Å². The summed E-state index contributed by atoms with van der Waals surface area (Å²) in [4.78, 5) is 22.2. The van der Waals surface area contributed by atoms with Gasteiger partial charge in [0, 0.05) is 0 Å². The molecule has 1 atom stereocenters. The second-order valence-corrected chi connectivity index (χ2v) is 4.85. The van der Waals surface area contributed by atoms with E-state index < -0.39 is 23.5 Å². The fraction of sp³-hybridized carbons (Fsp3) is 0.778. The van der Waals surface area contributed by atoms with Crippen molar-refractivity contribution in [3.8, 4) is 0 Å². The van der Waals surface area contributed by atoms with Crippen LogP contribution < -0.4 is 11.1 Å². The van der Waals surface area contributed by atoms with Crippen molar-refractivity contribution >= 4 is 23.6 Å². The molecule has 0 aromatic carbocycles. The summed E-state index contributed by atoms with van der Waals surface area (Å²) in [7, 11) is 0. The zero-order chi connectivity index (χ0) is 12.1.